The van der Waals surface area contributed by atoms with E-state index in [-0.39, 0.29) is 18.4 Å². The predicted molar refractivity (Wildman–Crippen MR) is 100 cm³/mol. The van der Waals surface area contributed by atoms with Crippen LogP contribution in [0, 0.1) is 5.41 Å². The van der Waals surface area contributed by atoms with E-state index in [0.717, 1.165) is 0 Å². The lowest BCUT2D eigenvalue weighted by molar-refractivity contribution is -0.127. The second-order valence-corrected chi connectivity index (χ2v) is 6.87. The number of nitrogens with one attached hydrogen (secondary N) is 1. The van der Waals surface area contributed by atoms with Crippen LogP contribution in [-0.4, -0.2) is 32.6 Å². The highest BCUT2D eigenvalue weighted by Crippen LogP contribution is 2.37. The maximum Gasteiger partial charge on any atom is 0.259 e. The van der Waals surface area contributed by atoms with E-state index in [1.54, 1.807) is 54.4 Å². The number of hydrogen-bond acceptors (Lipinski definition) is 4. The zero-order valence-electron chi connectivity index (χ0n) is 15.3. The van der Waals surface area contributed by atoms with Crippen molar-refractivity contribution in [2.75, 3.05) is 31.0 Å². The first kappa shape index (κ1) is 17.8. The topological polar surface area (TPSA) is 67.9 Å². The molecule has 0 radical (unpaired) electrons. The fourth-order valence-corrected chi connectivity index (χ4v) is 2.90. The third-order valence-electron chi connectivity index (χ3n) is 4.40. The van der Waals surface area contributed by atoms with Gasteiger partial charge < -0.3 is 19.7 Å². The normalized spacial score (nSPS) is 15.5. The van der Waals surface area contributed by atoms with Crippen LogP contribution in [0.1, 0.15) is 24.2 Å². The van der Waals surface area contributed by atoms with Gasteiger partial charge in [-0.1, -0.05) is 12.1 Å². The monoisotopic (exact) mass is 354 g/mol. The van der Waals surface area contributed by atoms with Crippen LogP contribution in [0.2, 0.25) is 0 Å². The van der Waals surface area contributed by atoms with E-state index in [1.165, 1.54) is 7.11 Å². The van der Waals surface area contributed by atoms with Crippen LogP contribution >= 0.6 is 0 Å². The molecule has 2 aromatic carbocycles. The molecule has 6 nitrogen and oxygen atoms in total. The first-order chi connectivity index (χ1) is 12.3. The van der Waals surface area contributed by atoms with E-state index < -0.39 is 5.41 Å². The zero-order chi connectivity index (χ0) is 18.9. The lowest BCUT2D eigenvalue weighted by Gasteiger charge is -2.24. The van der Waals surface area contributed by atoms with Crippen LogP contribution in [-0.2, 0) is 4.79 Å². The van der Waals surface area contributed by atoms with Crippen LogP contribution in [0.3, 0.4) is 0 Å². The van der Waals surface area contributed by atoms with Crippen molar-refractivity contribution in [3.63, 3.8) is 0 Å². The number of para-hydroxylation sites is 1. The summed E-state index contributed by atoms with van der Waals surface area (Å²) in [5.41, 5.74) is 1.09. The third kappa shape index (κ3) is 3.22. The van der Waals surface area contributed by atoms with Gasteiger partial charge in [-0.15, -0.1) is 0 Å². The van der Waals surface area contributed by atoms with Crippen LogP contribution in [0.5, 0.6) is 11.5 Å². The summed E-state index contributed by atoms with van der Waals surface area (Å²) in [7, 11) is 3.25. The molecular weight excluding hydrogens is 332 g/mol. The molecule has 0 saturated carbocycles. The second kappa shape index (κ2) is 6.71. The quantitative estimate of drug-likeness (QED) is 0.918. The molecule has 1 heterocycles. The van der Waals surface area contributed by atoms with Crippen LogP contribution < -0.4 is 19.7 Å². The summed E-state index contributed by atoms with van der Waals surface area (Å²) in [5, 5.41) is 2.85. The molecule has 3 rings (SSSR count). The van der Waals surface area contributed by atoms with Crippen molar-refractivity contribution in [3.05, 3.63) is 48.0 Å². The standard InChI is InChI=1S/C20H22N2O4/c1-20(2)12-26-17-11-13(9-10-15(17)22(3)19(20)24)21-18(23)14-7-5-6-8-16(14)25-4/h5-11H,12H2,1-4H3,(H,21,23). The minimum absolute atomic E-state index is 0.0120. The van der Waals surface area contributed by atoms with Gasteiger partial charge in [0.25, 0.3) is 5.91 Å². The minimum atomic E-state index is -0.616. The Morgan fingerprint density at radius 2 is 1.96 bits per heavy atom. The second-order valence-electron chi connectivity index (χ2n) is 6.87. The van der Waals surface area contributed by atoms with Gasteiger partial charge in [-0.25, -0.2) is 0 Å². The highest BCUT2D eigenvalue weighted by atomic mass is 16.5. The molecule has 1 aliphatic heterocycles. The Morgan fingerprint density at radius 3 is 2.69 bits per heavy atom. The average Bonchev–Trinajstić information content (AvgIpc) is 2.72. The number of fused-ring (bicyclic) bond motifs is 1. The van der Waals surface area contributed by atoms with E-state index in [9.17, 15) is 9.59 Å². The molecular formula is C20H22N2O4. The molecule has 6 heteroatoms. The zero-order valence-corrected chi connectivity index (χ0v) is 15.3. The lowest BCUT2D eigenvalue weighted by Crippen LogP contribution is -2.39. The molecule has 0 saturated heterocycles. The average molecular weight is 354 g/mol. The Morgan fingerprint density at radius 1 is 1.23 bits per heavy atom. The molecule has 2 amide bonds. The first-order valence-corrected chi connectivity index (χ1v) is 8.33. The van der Waals surface area contributed by atoms with Gasteiger partial charge in [-0.3, -0.25) is 9.59 Å². The molecule has 0 aromatic heterocycles. The number of hydrogen-bond donors (Lipinski definition) is 1. The van der Waals surface area contributed by atoms with E-state index >= 15 is 0 Å². The van der Waals surface area contributed by atoms with Gasteiger partial charge in [0, 0.05) is 18.8 Å². The van der Waals surface area contributed by atoms with Gasteiger partial charge in [0.15, 0.2) is 0 Å². The van der Waals surface area contributed by atoms with Crippen molar-refractivity contribution in [3.8, 4) is 11.5 Å². The van der Waals surface area contributed by atoms with E-state index in [2.05, 4.69) is 5.32 Å². The molecule has 1 aliphatic rings. The Hall–Kier alpha value is -3.02. The Labute approximate surface area is 152 Å². The number of carbonyl (C=O) groups excluding carboxylic acids is 2. The number of amides is 2. The van der Waals surface area contributed by atoms with Crippen molar-refractivity contribution in [1.29, 1.82) is 0 Å². The lowest BCUT2D eigenvalue weighted by atomic mass is 9.93. The van der Waals surface area contributed by atoms with E-state index in [0.29, 0.717) is 28.4 Å². The number of nitrogens with zero attached hydrogens (tertiary/aromatic N) is 1. The third-order valence-corrected chi connectivity index (χ3v) is 4.40. The van der Waals surface area contributed by atoms with E-state index in [1.807, 2.05) is 13.8 Å². The largest absolute Gasteiger partial charge is 0.496 e. The Kier molecular flexibility index (Phi) is 4.59. The van der Waals surface area contributed by atoms with Gasteiger partial charge in [0.2, 0.25) is 5.91 Å². The number of ether oxygens (including phenoxy) is 2. The molecule has 0 fully saturated rings. The summed E-state index contributed by atoms with van der Waals surface area (Å²) in [6.07, 6.45) is 0. The maximum absolute atomic E-state index is 12.6. The van der Waals surface area contributed by atoms with Gasteiger partial charge in [-0.05, 0) is 38.1 Å². The number of rotatable bonds is 3. The molecule has 1 N–H and O–H groups in total. The van der Waals surface area contributed by atoms with Crippen molar-refractivity contribution in [1.82, 2.24) is 0 Å². The summed E-state index contributed by atoms with van der Waals surface area (Å²) >= 11 is 0. The van der Waals surface area contributed by atoms with Gasteiger partial charge in [0.05, 0.1) is 23.8 Å². The number of anilines is 2. The molecule has 0 atom stereocenters. The Bertz CT molecular complexity index is 861. The fraction of sp³-hybridized carbons (Fsp3) is 0.300. The molecule has 0 aliphatic carbocycles. The maximum atomic E-state index is 12.6. The van der Waals surface area contributed by atoms with Crippen molar-refractivity contribution in [2.24, 2.45) is 5.41 Å². The van der Waals surface area contributed by atoms with Crippen molar-refractivity contribution < 1.29 is 19.1 Å². The van der Waals surface area contributed by atoms with Crippen molar-refractivity contribution in [2.45, 2.75) is 13.8 Å². The van der Waals surface area contributed by atoms with Gasteiger partial charge in [0.1, 0.15) is 18.1 Å². The fourth-order valence-electron chi connectivity index (χ4n) is 2.90. The van der Waals surface area contributed by atoms with E-state index in [4.69, 9.17) is 9.47 Å². The summed E-state index contributed by atoms with van der Waals surface area (Å²) in [5.74, 6) is 0.773. The SMILES string of the molecule is COc1ccccc1C(=O)Nc1ccc2c(c1)OCC(C)(C)C(=O)N2C. The first-order valence-electron chi connectivity index (χ1n) is 8.33. The highest BCUT2D eigenvalue weighted by molar-refractivity contribution is 6.06. The summed E-state index contributed by atoms with van der Waals surface area (Å²) in [4.78, 5) is 26.7. The summed E-state index contributed by atoms with van der Waals surface area (Å²) in [6.45, 7) is 3.97. The molecule has 0 spiro atoms. The minimum Gasteiger partial charge on any atom is -0.496 e. The highest BCUT2D eigenvalue weighted by Gasteiger charge is 2.36. The number of carbonyl (C=O) groups is 2. The predicted octanol–water partition coefficient (Wildman–Crippen LogP) is 3.33. The molecule has 0 bridgehead atoms. The smallest absolute Gasteiger partial charge is 0.259 e. The molecule has 136 valence electrons. The van der Waals surface area contributed by atoms with Crippen LogP contribution in [0.15, 0.2) is 42.5 Å². The van der Waals surface area contributed by atoms with Crippen LogP contribution in [0.25, 0.3) is 0 Å². The van der Waals surface area contributed by atoms with Gasteiger partial charge in [-0.2, -0.15) is 0 Å². The van der Waals surface area contributed by atoms with Crippen LogP contribution in [0.4, 0.5) is 11.4 Å². The molecule has 0 unspecified atom stereocenters. The molecule has 2 aromatic rings. The van der Waals surface area contributed by atoms with Crippen molar-refractivity contribution >= 4 is 23.2 Å². The summed E-state index contributed by atoms with van der Waals surface area (Å²) < 4.78 is 11.1. The number of methoxy groups -OCH3 is 1. The van der Waals surface area contributed by atoms with Gasteiger partial charge >= 0.3 is 0 Å². The molecule has 26 heavy (non-hydrogen) atoms. The Balaban J connectivity index is 1.87. The number of benzene rings is 2. The summed E-state index contributed by atoms with van der Waals surface area (Å²) in [6, 6.07) is 12.3.